The van der Waals surface area contributed by atoms with E-state index in [0.717, 1.165) is 15.9 Å². The summed E-state index contributed by atoms with van der Waals surface area (Å²) < 4.78 is 6.44. The summed E-state index contributed by atoms with van der Waals surface area (Å²) in [7, 11) is 0. The Morgan fingerprint density at radius 2 is 1.88 bits per heavy atom. The summed E-state index contributed by atoms with van der Waals surface area (Å²) in [5, 5.41) is 2.89. The van der Waals surface area contributed by atoms with Crippen molar-refractivity contribution in [1.82, 2.24) is 0 Å². The number of para-hydroxylation sites is 1. The average Bonchev–Trinajstić information content (AvgIpc) is 2.98. The van der Waals surface area contributed by atoms with E-state index in [1.165, 1.54) is 0 Å². The molecule has 1 aliphatic heterocycles. The lowest BCUT2D eigenvalue weighted by Gasteiger charge is -2.18. The highest BCUT2D eigenvalue weighted by molar-refractivity contribution is 9.10. The number of nitrogens with zero attached hydrogens (tertiary/aromatic N) is 1. The van der Waals surface area contributed by atoms with Gasteiger partial charge in [-0.2, -0.15) is 0 Å². The molecule has 1 aliphatic rings. The van der Waals surface area contributed by atoms with E-state index in [9.17, 15) is 9.59 Å². The van der Waals surface area contributed by atoms with Crippen molar-refractivity contribution < 1.29 is 14.3 Å². The van der Waals surface area contributed by atoms with Crippen LogP contribution in [0.2, 0.25) is 0 Å². The number of benzene rings is 2. The third-order valence-electron chi connectivity index (χ3n) is 4.13. The maximum absolute atomic E-state index is 12.6. The Hall–Kier alpha value is -2.34. The highest BCUT2D eigenvalue weighted by Crippen LogP contribution is 2.31. The van der Waals surface area contributed by atoms with Crippen LogP contribution >= 0.6 is 15.9 Å². The summed E-state index contributed by atoms with van der Waals surface area (Å²) in [4.78, 5) is 26.6. The number of amides is 2. The second-order valence-electron chi connectivity index (χ2n) is 6.54. The lowest BCUT2D eigenvalue weighted by Crippen LogP contribution is -2.28. The van der Waals surface area contributed by atoms with Crippen molar-refractivity contribution in [3.8, 4) is 5.75 Å². The lowest BCUT2D eigenvalue weighted by atomic mass is 10.1. The number of carbonyl (C=O) groups is 2. The molecule has 0 aromatic heterocycles. The van der Waals surface area contributed by atoms with E-state index in [-0.39, 0.29) is 30.3 Å². The van der Waals surface area contributed by atoms with Crippen LogP contribution in [0.5, 0.6) is 5.75 Å². The van der Waals surface area contributed by atoms with Crippen LogP contribution in [0.3, 0.4) is 0 Å². The van der Waals surface area contributed by atoms with Crippen LogP contribution in [0, 0.1) is 5.92 Å². The Morgan fingerprint density at radius 1 is 1.19 bits per heavy atom. The molecule has 0 radical (unpaired) electrons. The van der Waals surface area contributed by atoms with Crippen molar-refractivity contribution in [3.05, 3.63) is 53.0 Å². The van der Waals surface area contributed by atoms with Gasteiger partial charge in [0.25, 0.3) is 0 Å². The molecule has 2 aromatic carbocycles. The highest BCUT2D eigenvalue weighted by Gasteiger charge is 2.35. The van der Waals surface area contributed by atoms with Crippen molar-refractivity contribution in [3.63, 3.8) is 0 Å². The first-order chi connectivity index (χ1) is 12.4. The maximum Gasteiger partial charge on any atom is 0.229 e. The summed E-state index contributed by atoms with van der Waals surface area (Å²) in [6.07, 6.45) is 0.310. The third kappa shape index (κ3) is 4.25. The topological polar surface area (TPSA) is 58.6 Å². The molecule has 5 nitrogen and oxygen atoms in total. The zero-order valence-electron chi connectivity index (χ0n) is 14.7. The molecular weight excluding hydrogens is 396 g/mol. The molecule has 1 fully saturated rings. The first kappa shape index (κ1) is 18.5. The van der Waals surface area contributed by atoms with E-state index in [2.05, 4.69) is 21.2 Å². The number of nitrogens with one attached hydrogen (secondary N) is 1. The molecule has 26 heavy (non-hydrogen) atoms. The minimum absolute atomic E-state index is 0.0438. The van der Waals surface area contributed by atoms with Gasteiger partial charge in [0.15, 0.2) is 0 Å². The van der Waals surface area contributed by atoms with E-state index >= 15 is 0 Å². The zero-order valence-corrected chi connectivity index (χ0v) is 16.3. The van der Waals surface area contributed by atoms with Crippen LogP contribution in [0.15, 0.2) is 53.0 Å². The fourth-order valence-electron chi connectivity index (χ4n) is 2.92. The monoisotopic (exact) mass is 416 g/mol. The van der Waals surface area contributed by atoms with Gasteiger partial charge in [0.05, 0.1) is 17.7 Å². The highest BCUT2D eigenvalue weighted by atomic mass is 79.9. The third-order valence-corrected chi connectivity index (χ3v) is 4.80. The average molecular weight is 417 g/mol. The van der Waals surface area contributed by atoms with Gasteiger partial charge in [-0.1, -0.05) is 12.1 Å². The van der Waals surface area contributed by atoms with E-state index in [0.29, 0.717) is 12.2 Å². The molecule has 1 heterocycles. The first-order valence-corrected chi connectivity index (χ1v) is 9.36. The van der Waals surface area contributed by atoms with Crippen LogP contribution in [-0.2, 0) is 9.59 Å². The molecule has 0 aliphatic carbocycles. The quantitative estimate of drug-likeness (QED) is 0.793. The standard InChI is InChI=1S/C20H21BrN2O3/c1-13(2)26-16-9-7-15(8-10-16)22-20(25)14-11-19(24)23(12-14)18-6-4-3-5-17(18)21/h3-10,13-14H,11-12H2,1-2H3,(H,22,25). The summed E-state index contributed by atoms with van der Waals surface area (Å²) in [5.74, 6) is 0.193. The van der Waals surface area contributed by atoms with E-state index < -0.39 is 0 Å². The summed E-state index contributed by atoms with van der Waals surface area (Å²) in [6, 6.07) is 14.8. The summed E-state index contributed by atoms with van der Waals surface area (Å²) >= 11 is 3.46. The van der Waals surface area contributed by atoms with Gasteiger partial charge in [-0.3, -0.25) is 9.59 Å². The van der Waals surface area contributed by atoms with E-state index in [4.69, 9.17) is 4.74 Å². The number of hydrogen-bond acceptors (Lipinski definition) is 3. The molecule has 1 atom stereocenters. The normalized spacial score (nSPS) is 16.8. The molecule has 1 unspecified atom stereocenters. The van der Waals surface area contributed by atoms with Crippen molar-refractivity contribution >= 4 is 39.1 Å². The van der Waals surface area contributed by atoms with Gasteiger partial charge in [-0.25, -0.2) is 0 Å². The number of carbonyl (C=O) groups excluding carboxylic acids is 2. The van der Waals surface area contributed by atoms with Crippen LogP contribution in [0.25, 0.3) is 0 Å². The predicted octanol–water partition coefficient (Wildman–Crippen LogP) is 4.23. The van der Waals surface area contributed by atoms with Gasteiger partial charge in [-0.15, -0.1) is 0 Å². The number of anilines is 2. The molecule has 0 spiro atoms. The molecule has 0 saturated carbocycles. The largest absolute Gasteiger partial charge is 0.491 e. The van der Waals surface area contributed by atoms with Crippen molar-refractivity contribution in [2.45, 2.75) is 26.4 Å². The van der Waals surface area contributed by atoms with Crippen molar-refractivity contribution in [2.75, 3.05) is 16.8 Å². The van der Waals surface area contributed by atoms with Gasteiger partial charge >= 0.3 is 0 Å². The minimum Gasteiger partial charge on any atom is -0.491 e. The Kier molecular flexibility index (Phi) is 5.61. The molecule has 136 valence electrons. The van der Waals surface area contributed by atoms with E-state index in [1.807, 2.05) is 50.2 Å². The fourth-order valence-corrected chi connectivity index (χ4v) is 3.42. The summed E-state index contributed by atoms with van der Waals surface area (Å²) in [6.45, 7) is 4.30. The molecule has 2 aromatic rings. The van der Waals surface area contributed by atoms with Crippen molar-refractivity contribution in [1.29, 1.82) is 0 Å². The van der Waals surface area contributed by atoms with Gasteiger partial charge in [0.2, 0.25) is 11.8 Å². The molecule has 0 bridgehead atoms. The number of hydrogen-bond donors (Lipinski definition) is 1. The minimum atomic E-state index is -0.374. The Balaban J connectivity index is 1.64. The molecule has 3 rings (SSSR count). The Morgan fingerprint density at radius 3 is 2.54 bits per heavy atom. The smallest absolute Gasteiger partial charge is 0.229 e. The Labute approximate surface area is 161 Å². The van der Waals surface area contributed by atoms with Gasteiger partial charge < -0.3 is 15.0 Å². The van der Waals surface area contributed by atoms with Crippen LogP contribution in [0.1, 0.15) is 20.3 Å². The zero-order chi connectivity index (χ0) is 18.7. The van der Waals surface area contributed by atoms with Crippen molar-refractivity contribution in [2.24, 2.45) is 5.92 Å². The number of ether oxygens (including phenoxy) is 1. The molecule has 6 heteroatoms. The summed E-state index contributed by atoms with van der Waals surface area (Å²) in [5.41, 5.74) is 1.49. The second kappa shape index (κ2) is 7.91. The van der Waals surface area contributed by atoms with Gasteiger partial charge in [0.1, 0.15) is 5.75 Å². The van der Waals surface area contributed by atoms with Crippen LogP contribution in [-0.4, -0.2) is 24.5 Å². The molecule has 2 amide bonds. The molecular formula is C20H21BrN2O3. The van der Waals surface area contributed by atoms with Gasteiger partial charge in [-0.05, 0) is 66.2 Å². The Bertz CT molecular complexity index is 805. The number of rotatable bonds is 5. The molecule has 1 N–H and O–H groups in total. The predicted molar refractivity (Wildman–Crippen MR) is 105 cm³/mol. The first-order valence-electron chi connectivity index (χ1n) is 8.56. The van der Waals surface area contributed by atoms with Crippen LogP contribution in [0.4, 0.5) is 11.4 Å². The fraction of sp³-hybridized carbons (Fsp3) is 0.300. The molecule has 1 saturated heterocycles. The van der Waals surface area contributed by atoms with E-state index in [1.54, 1.807) is 17.0 Å². The van der Waals surface area contributed by atoms with Crippen LogP contribution < -0.4 is 15.0 Å². The number of halogens is 1. The second-order valence-corrected chi connectivity index (χ2v) is 7.39. The van der Waals surface area contributed by atoms with Gasteiger partial charge in [0, 0.05) is 23.1 Å². The lowest BCUT2D eigenvalue weighted by molar-refractivity contribution is -0.122. The maximum atomic E-state index is 12.6. The SMILES string of the molecule is CC(C)Oc1ccc(NC(=O)C2CC(=O)N(c3ccccc3Br)C2)cc1.